The Morgan fingerprint density at radius 1 is 1.00 bits per heavy atom. The maximum absolute atomic E-state index is 12.7. The molecule has 2 aromatic rings. The third kappa shape index (κ3) is 5.63. The minimum absolute atomic E-state index is 0.0612. The summed E-state index contributed by atoms with van der Waals surface area (Å²) in [6.45, 7) is -0.672. The predicted molar refractivity (Wildman–Crippen MR) is 89.9 cm³/mol. The molecule has 6 nitrogen and oxygen atoms in total. The lowest BCUT2D eigenvalue weighted by Crippen LogP contribution is -2.21. The minimum atomic E-state index is -4.53. The molecule has 0 atom stereocenters. The van der Waals surface area contributed by atoms with E-state index in [9.17, 15) is 22.8 Å². The van der Waals surface area contributed by atoms with Crippen LogP contribution in [-0.2, 0) is 15.7 Å². The average Bonchev–Trinajstić information content (AvgIpc) is 2.65. The highest BCUT2D eigenvalue weighted by atomic mass is 19.4. The molecule has 0 fully saturated rings. The third-order valence-corrected chi connectivity index (χ3v) is 3.40. The molecule has 0 aliphatic heterocycles. The summed E-state index contributed by atoms with van der Waals surface area (Å²) >= 11 is 0. The third-order valence-electron chi connectivity index (χ3n) is 3.40. The molecule has 1 N–H and O–H groups in total. The van der Waals surface area contributed by atoms with Gasteiger partial charge in [0.05, 0.1) is 25.3 Å². The molecule has 0 saturated heterocycles. The summed E-state index contributed by atoms with van der Waals surface area (Å²) in [7, 11) is 2.82. The second-order valence-electron chi connectivity index (χ2n) is 5.30. The molecule has 0 aliphatic carbocycles. The highest BCUT2D eigenvalue weighted by Gasteiger charge is 2.30. The van der Waals surface area contributed by atoms with E-state index >= 15 is 0 Å². The average molecular weight is 383 g/mol. The van der Waals surface area contributed by atoms with Crippen LogP contribution in [-0.4, -0.2) is 32.7 Å². The molecule has 27 heavy (non-hydrogen) atoms. The van der Waals surface area contributed by atoms with Crippen LogP contribution in [0.5, 0.6) is 11.5 Å². The van der Waals surface area contributed by atoms with Gasteiger partial charge in [0.25, 0.3) is 5.91 Å². The van der Waals surface area contributed by atoms with Crippen LogP contribution in [0, 0.1) is 0 Å². The lowest BCUT2D eigenvalue weighted by molar-refractivity contribution is -0.137. The van der Waals surface area contributed by atoms with Crippen molar-refractivity contribution in [1.29, 1.82) is 0 Å². The summed E-state index contributed by atoms with van der Waals surface area (Å²) in [5.74, 6) is -0.881. The number of esters is 1. The van der Waals surface area contributed by atoms with Gasteiger partial charge >= 0.3 is 12.1 Å². The number of anilines is 1. The summed E-state index contributed by atoms with van der Waals surface area (Å²) in [6, 6.07) is 8.47. The van der Waals surface area contributed by atoms with Gasteiger partial charge in [-0.1, -0.05) is 6.07 Å². The normalized spacial score (nSPS) is 10.9. The lowest BCUT2D eigenvalue weighted by atomic mass is 10.2. The largest absolute Gasteiger partial charge is 0.497 e. The van der Waals surface area contributed by atoms with Crippen molar-refractivity contribution in [2.24, 2.45) is 0 Å². The number of halogens is 3. The SMILES string of the molecule is COc1cc(OC)cc(C(=O)OCC(=O)Nc2cccc(C(F)(F)F)c2)c1. The smallest absolute Gasteiger partial charge is 0.416 e. The Hall–Kier alpha value is -3.23. The Morgan fingerprint density at radius 3 is 2.19 bits per heavy atom. The van der Waals surface area contributed by atoms with Crippen LogP contribution in [0.4, 0.5) is 18.9 Å². The maximum atomic E-state index is 12.7. The number of benzene rings is 2. The Bertz CT molecular complexity index is 814. The number of carbonyl (C=O) groups is 2. The molecule has 0 bridgehead atoms. The van der Waals surface area contributed by atoms with Crippen molar-refractivity contribution in [3.8, 4) is 11.5 Å². The summed E-state index contributed by atoms with van der Waals surface area (Å²) in [6.07, 6.45) is -4.53. The van der Waals surface area contributed by atoms with Gasteiger partial charge in [-0.3, -0.25) is 4.79 Å². The Labute approximate surface area is 152 Å². The Kier molecular flexibility index (Phi) is 6.27. The van der Waals surface area contributed by atoms with Gasteiger partial charge in [-0.25, -0.2) is 4.79 Å². The van der Waals surface area contributed by atoms with E-state index in [1.54, 1.807) is 6.07 Å². The summed E-state index contributed by atoms with van der Waals surface area (Å²) < 4.78 is 52.9. The first kappa shape index (κ1) is 20.1. The quantitative estimate of drug-likeness (QED) is 0.773. The van der Waals surface area contributed by atoms with Crippen LogP contribution in [0.25, 0.3) is 0 Å². The van der Waals surface area contributed by atoms with E-state index in [0.29, 0.717) is 11.5 Å². The van der Waals surface area contributed by atoms with Crippen LogP contribution in [0.15, 0.2) is 42.5 Å². The topological polar surface area (TPSA) is 73.9 Å². The lowest BCUT2D eigenvalue weighted by Gasteiger charge is -2.11. The number of rotatable bonds is 6. The fourth-order valence-electron chi connectivity index (χ4n) is 2.11. The van der Waals surface area contributed by atoms with Crippen LogP contribution >= 0.6 is 0 Å². The second-order valence-corrected chi connectivity index (χ2v) is 5.30. The highest BCUT2D eigenvalue weighted by Crippen LogP contribution is 2.30. The number of methoxy groups -OCH3 is 2. The Balaban J connectivity index is 1.99. The zero-order valence-electron chi connectivity index (χ0n) is 14.4. The number of amides is 1. The molecule has 0 radical (unpaired) electrons. The van der Waals surface area contributed by atoms with E-state index in [4.69, 9.17) is 14.2 Å². The van der Waals surface area contributed by atoms with Gasteiger partial charge in [-0.05, 0) is 30.3 Å². The number of alkyl halides is 3. The van der Waals surface area contributed by atoms with Crippen molar-refractivity contribution < 1.29 is 37.0 Å². The fourth-order valence-corrected chi connectivity index (χ4v) is 2.11. The second kappa shape index (κ2) is 8.43. The van der Waals surface area contributed by atoms with Gasteiger partial charge in [0, 0.05) is 11.8 Å². The van der Waals surface area contributed by atoms with E-state index in [-0.39, 0.29) is 11.3 Å². The maximum Gasteiger partial charge on any atom is 0.416 e. The van der Waals surface area contributed by atoms with Crippen molar-refractivity contribution in [2.45, 2.75) is 6.18 Å². The van der Waals surface area contributed by atoms with Crippen molar-refractivity contribution in [1.82, 2.24) is 0 Å². The standard InChI is InChI=1S/C18H16F3NO5/c1-25-14-6-11(7-15(9-14)26-2)17(24)27-10-16(23)22-13-5-3-4-12(8-13)18(19,20)21/h3-9H,10H2,1-2H3,(H,22,23). The van der Waals surface area contributed by atoms with E-state index in [2.05, 4.69) is 5.32 Å². The number of hydrogen-bond donors (Lipinski definition) is 1. The van der Waals surface area contributed by atoms with Crippen molar-refractivity contribution in [3.63, 3.8) is 0 Å². The van der Waals surface area contributed by atoms with Gasteiger partial charge in [0.15, 0.2) is 6.61 Å². The van der Waals surface area contributed by atoms with E-state index < -0.39 is 30.2 Å². The fraction of sp³-hybridized carbons (Fsp3) is 0.222. The first-order chi connectivity index (χ1) is 12.7. The molecule has 2 rings (SSSR count). The first-order valence-corrected chi connectivity index (χ1v) is 7.60. The van der Waals surface area contributed by atoms with Gasteiger partial charge in [0.1, 0.15) is 11.5 Å². The van der Waals surface area contributed by atoms with E-state index in [1.165, 1.54) is 32.4 Å². The summed E-state index contributed by atoms with van der Waals surface area (Å²) in [5.41, 5.74) is -0.868. The predicted octanol–water partition coefficient (Wildman–Crippen LogP) is 3.52. The molecule has 0 spiro atoms. The monoisotopic (exact) mass is 383 g/mol. The minimum Gasteiger partial charge on any atom is -0.497 e. The molecule has 0 saturated carbocycles. The molecule has 2 aromatic carbocycles. The van der Waals surface area contributed by atoms with Crippen LogP contribution < -0.4 is 14.8 Å². The number of nitrogens with one attached hydrogen (secondary N) is 1. The van der Waals surface area contributed by atoms with Crippen LogP contribution in [0.3, 0.4) is 0 Å². The van der Waals surface area contributed by atoms with Crippen molar-refractivity contribution in [3.05, 3.63) is 53.6 Å². The van der Waals surface area contributed by atoms with Crippen LogP contribution in [0.1, 0.15) is 15.9 Å². The first-order valence-electron chi connectivity index (χ1n) is 7.60. The molecular formula is C18H16F3NO5. The summed E-state index contributed by atoms with van der Waals surface area (Å²) in [4.78, 5) is 23.9. The molecule has 0 aromatic heterocycles. The molecule has 1 amide bonds. The molecule has 0 heterocycles. The molecule has 0 unspecified atom stereocenters. The van der Waals surface area contributed by atoms with Crippen molar-refractivity contribution >= 4 is 17.6 Å². The van der Waals surface area contributed by atoms with Crippen molar-refractivity contribution in [2.75, 3.05) is 26.1 Å². The zero-order chi connectivity index (χ0) is 20.0. The number of ether oxygens (including phenoxy) is 3. The molecule has 144 valence electrons. The molecule has 9 heteroatoms. The van der Waals surface area contributed by atoms with E-state index in [0.717, 1.165) is 18.2 Å². The summed E-state index contributed by atoms with van der Waals surface area (Å²) in [5, 5.41) is 2.24. The van der Waals surface area contributed by atoms with E-state index in [1.807, 2.05) is 0 Å². The number of hydrogen-bond acceptors (Lipinski definition) is 5. The molecular weight excluding hydrogens is 367 g/mol. The van der Waals surface area contributed by atoms with Gasteiger partial charge in [-0.2, -0.15) is 13.2 Å². The number of carbonyl (C=O) groups excluding carboxylic acids is 2. The molecule has 0 aliphatic rings. The van der Waals surface area contributed by atoms with Gasteiger partial charge in [0.2, 0.25) is 0 Å². The van der Waals surface area contributed by atoms with Gasteiger partial charge < -0.3 is 19.5 Å². The van der Waals surface area contributed by atoms with Crippen LogP contribution in [0.2, 0.25) is 0 Å². The Morgan fingerprint density at radius 2 is 1.63 bits per heavy atom. The zero-order valence-corrected chi connectivity index (χ0v) is 14.4. The highest BCUT2D eigenvalue weighted by molar-refractivity contribution is 5.95. The van der Waals surface area contributed by atoms with Gasteiger partial charge in [-0.15, -0.1) is 0 Å².